The summed E-state index contributed by atoms with van der Waals surface area (Å²) in [5, 5.41) is 14.5. The maximum atomic E-state index is 12.3. The monoisotopic (exact) mass is 392 g/mol. The van der Waals surface area contributed by atoms with Crippen molar-refractivity contribution < 1.29 is 14.6 Å². The highest BCUT2D eigenvalue weighted by molar-refractivity contribution is 5.98. The molecule has 0 saturated carbocycles. The normalized spacial score (nSPS) is 16.6. The summed E-state index contributed by atoms with van der Waals surface area (Å²) in [5.74, 6) is -0.888. The van der Waals surface area contributed by atoms with Gasteiger partial charge in [-0.3, -0.25) is 0 Å². The lowest BCUT2D eigenvalue weighted by molar-refractivity contribution is 0.0684. The molecule has 2 heterocycles. The lowest BCUT2D eigenvalue weighted by atomic mass is 10.1. The zero-order valence-corrected chi connectivity index (χ0v) is 17.1. The van der Waals surface area contributed by atoms with Crippen molar-refractivity contribution in [2.75, 3.05) is 13.2 Å². The molecule has 1 aromatic heterocycles. The Morgan fingerprint density at radius 2 is 2.07 bits per heavy atom. The quantitative estimate of drug-likeness (QED) is 0.630. The molecule has 1 aliphatic heterocycles. The number of benzene rings is 2. The van der Waals surface area contributed by atoms with Gasteiger partial charge >= 0.3 is 5.97 Å². The van der Waals surface area contributed by atoms with Crippen LogP contribution in [0.25, 0.3) is 10.9 Å². The maximum Gasteiger partial charge on any atom is 0.352 e. The summed E-state index contributed by atoms with van der Waals surface area (Å²) in [6.07, 6.45) is 2.39. The Kier molecular flexibility index (Phi) is 5.69. The number of carbonyl (C=O) groups is 1. The number of aryl methyl sites for hydroxylation is 2. The van der Waals surface area contributed by atoms with Gasteiger partial charge in [-0.2, -0.15) is 0 Å². The van der Waals surface area contributed by atoms with Gasteiger partial charge in [-0.25, -0.2) is 4.79 Å². The van der Waals surface area contributed by atoms with E-state index in [0.717, 1.165) is 48.0 Å². The van der Waals surface area contributed by atoms with Crippen LogP contribution in [0.1, 0.15) is 45.6 Å². The van der Waals surface area contributed by atoms with Gasteiger partial charge in [0.15, 0.2) is 0 Å². The van der Waals surface area contributed by atoms with Crippen LogP contribution in [0, 0.1) is 13.8 Å². The van der Waals surface area contributed by atoms with Gasteiger partial charge in [0, 0.05) is 42.7 Å². The van der Waals surface area contributed by atoms with Crippen molar-refractivity contribution in [2.24, 2.45) is 0 Å². The van der Waals surface area contributed by atoms with Crippen molar-refractivity contribution in [1.29, 1.82) is 0 Å². The van der Waals surface area contributed by atoms with E-state index in [2.05, 4.69) is 37.4 Å². The Morgan fingerprint density at radius 1 is 1.24 bits per heavy atom. The summed E-state index contributed by atoms with van der Waals surface area (Å²) in [6, 6.07) is 14.3. The molecule has 0 radical (unpaired) electrons. The summed E-state index contributed by atoms with van der Waals surface area (Å²) < 4.78 is 7.63. The van der Waals surface area contributed by atoms with E-state index in [-0.39, 0.29) is 6.10 Å². The van der Waals surface area contributed by atoms with Crippen LogP contribution in [-0.4, -0.2) is 34.9 Å². The van der Waals surface area contributed by atoms with Crippen molar-refractivity contribution in [2.45, 2.75) is 45.9 Å². The lowest BCUT2D eigenvalue weighted by Crippen LogP contribution is -2.26. The highest BCUT2D eigenvalue weighted by Gasteiger charge is 2.23. The van der Waals surface area contributed by atoms with Gasteiger partial charge in [-0.15, -0.1) is 0 Å². The van der Waals surface area contributed by atoms with Crippen molar-refractivity contribution in [3.63, 3.8) is 0 Å². The van der Waals surface area contributed by atoms with Crippen LogP contribution in [0.2, 0.25) is 0 Å². The molecule has 0 spiro atoms. The number of para-hydroxylation sites is 1. The van der Waals surface area contributed by atoms with Crippen LogP contribution in [0.4, 0.5) is 0 Å². The molecule has 152 valence electrons. The van der Waals surface area contributed by atoms with Crippen LogP contribution in [0.5, 0.6) is 0 Å². The number of aromatic carboxylic acids is 1. The molecule has 0 unspecified atom stereocenters. The standard InChI is InChI=1S/C24H28N2O3/c1-16-9-10-17(2)18(12-16)15-26-22-8-4-3-7-20(22)21(23(26)24(27)28)14-25-13-19-6-5-11-29-19/h3-4,7-10,12,19,25H,5-6,11,13-15H2,1-2H3,(H,27,28)/t19-/m0/s1. The molecule has 29 heavy (non-hydrogen) atoms. The SMILES string of the molecule is Cc1ccc(C)c(Cn2c(C(=O)O)c(CNC[C@@H]3CCCO3)c3ccccc32)c1. The summed E-state index contributed by atoms with van der Waals surface area (Å²) in [7, 11) is 0. The molecule has 5 heteroatoms. The first kappa shape index (κ1) is 19.7. The number of rotatable bonds is 7. The molecular formula is C24H28N2O3. The Balaban J connectivity index is 1.72. The van der Waals surface area contributed by atoms with Crippen molar-refractivity contribution >= 4 is 16.9 Å². The number of hydrogen-bond donors (Lipinski definition) is 2. The summed E-state index contributed by atoms with van der Waals surface area (Å²) in [4.78, 5) is 12.3. The van der Waals surface area contributed by atoms with Crippen molar-refractivity contribution in [3.05, 3.63) is 70.4 Å². The topological polar surface area (TPSA) is 63.5 Å². The van der Waals surface area contributed by atoms with E-state index in [1.165, 1.54) is 11.1 Å². The molecule has 5 nitrogen and oxygen atoms in total. The van der Waals surface area contributed by atoms with E-state index in [0.29, 0.717) is 18.8 Å². The predicted octanol–water partition coefficient (Wildman–Crippen LogP) is 4.27. The van der Waals surface area contributed by atoms with E-state index in [9.17, 15) is 9.90 Å². The number of fused-ring (bicyclic) bond motifs is 1. The summed E-state index contributed by atoms with van der Waals surface area (Å²) in [6.45, 7) is 6.76. The minimum atomic E-state index is -0.888. The average Bonchev–Trinajstić information content (AvgIpc) is 3.32. The van der Waals surface area contributed by atoms with Gasteiger partial charge in [-0.1, -0.05) is 42.0 Å². The van der Waals surface area contributed by atoms with E-state index in [1.807, 2.05) is 28.8 Å². The number of nitrogens with one attached hydrogen (secondary N) is 1. The Hall–Kier alpha value is -2.63. The Bertz CT molecular complexity index is 1030. The van der Waals surface area contributed by atoms with Crippen molar-refractivity contribution in [3.8, 4) is 0 Å². The third-order valence-electron chi connectivity index (χ3n) is 5.81. The fraction of sp³-hybridized carbons (Fsp3) is 0.375. The molecule has 1 fully saturated rings. The molecule has 3 aromatic rings. The first-order valence-corrected chi connectivity index (χ1v) is 10.3. The highest BCUT2D eigenvalue weighted by Crippen LogP contribution is 2.28. The second-order valence-electron chi connectivity index (χ2n) is 7.93. The summed E-state index contributed by atoms with van der Waals surface area (Å²) >= 11 is 0. The van der Waals surface area contributed by atoms with Crippen molar-refractivity contribution in [1.82, 2.24) is 9.88 Å². The molecule has 0 aliphatic carbocycles. The molecule has 1 saturated heterocycles. The Morgan fingerprint density at radius 3 is 2.83 bits per heavy atom. The average molecular weight is 392 g/mol. The number of nitrogens with zero attached hydrogens (tertiary/aromatic N) is 1. The van der Waals surface area contributed by atoms with Gasteiger partial charge in [0.25, 0.3) is 0 Å². The van der Waals surface area contributed by atoms with Crippen LogP contribution in [0.3, 0.4) is 0 Å². The first-order valence-electron chi connectivity index (χ1n) is 10.3. The van der Waals surface area contributed by atoms with Crippen LogP contribution in [-0.2, 0) is 17.8 Å². The molecular weight excluding hydrogens is 364 g/mol. The third kappa shape index (κ3) is 4.07. The van der Waals surface area contributed by atoms with Gasteiger partial charge in [0.1, 0.15) is 5.69 Å². The minimum absolute atomic E-state index is 0.228. The number of aromatic nitrogens is 1. The van der Waals surface area contributed by atoms with E-state index in [4.69, 9.17) is 4.74 Å². The smallest absolute Gasteiger partial charge is 0.352 e. The van der Waals surface area contributed by atoms with Crippen LogP contribution < -0.4 is 5.32 Å². The van der Waals surface area contributed by atoms with Gasteiger partial charge in [0.05, 0.1) is 6.10 Å². The maximum absolute atomic E-state index is 12.3. The molecule has 4 rings (SSSR count). The number of carboxylic acid groups (broad SMARTS) is 1. The molecule has 1 atom stereocenters. The lowest BCUT2D eigenvalue weighted by Gasteiger charge is -2.13. The molecule has 0 bridgehead atoms. The Labute approximate surface area is 171 Å². The van der Waals surface area contributed by atoms with Gasteiger partial charge < -0.3 is 19.7 Å². The molecule has 2 N–H and O–H groups in total. The highest BCUT2D eigenvalue weighted by atomic mass is 16.5. The van der Waals surface area contributed by atoms with Crippen LogP contribution >= 0.6 is 0 Å². The second kappa shape index (κ2) is 8.39. The van der Waals surface area contributed by atoms with E-state index >= 15 is 0 Å². The van der Waals surface area contributed by atoms with Crippen LogP contribution in [0.15, 0.2) is 42.5 Å². The predicted molar refractivity (Wildman–Crippen MR) is 115 cm³/mol. The number of hydrogen-bond acceptors (Lipinski definition) is 3. The largest absolute Gasteiger partial charge is 0.477 e. The number of carboxylic acids is 1. The summed E-state index contributed by atoms with van der Waals surface area (Å²) in [5.41, 5.74) is 5.66. The van der Waals surface area contributed by atoms with Gasteiger partial charge in [0.2, 0.25) is 0 Å². The fourth-order valence-corrected chi connectivity index (χ4v) is 4.27. The molecule has 0 amide bonds. The fourth-order valence-electron chi connectivity index (χ4n) is 4.27. The third-order valence-corrected chi connectivity index (χ3v) is 5.81. The zero-order chi connectivity index (χ0) is 20.4. The van der Waals surface area contributed by atoms with E-state index < -0.39 is 5.97 Å². The first-order chi connectivity index (χ1) is 14.0. The minimum Gasteiger partial charge on any atom is -0.477 e. The zero-order valence-electron chi connectivity index (χ0n) is 17.1. The molecule has 2 aromatic carbocycles. The second-order valence-corrected chi connectivity index (χ2v) is 7.93. The number of ether oxygens (including phenoxy) is 1. The molecule has 1 aliphatic rings. The van der Waals surface area contributed by atoms with Gasteiger partial charge in [-0.05, 0) is 43.9 Å². The van der Waals surface area contributed by atoms with E-state index in [1.54, 1.807) is 0 Å².